The van der Waals surface area contributed by atoms with Crippen LogP contribution in [-0.4, -0.2) is 18.9 Å². The highest BCUT2D eigenvalue weighted by molar-refractivity contribution is 7.87. The molecule has 0 radical (unpaired) electrons. The predicted molar refractivity (Wildman–Crippen MR) is 82.4 cm³/mol. The fraction of sp³-hybridized carbons (Fsp3) is 0.400. The van der Waals surface area contributed by atoms with Gasteiger partial charge in [0, 0.05) is 5.57 Å². The van der Waals surface area contributed by atoms with Gasteiger partial charge < -0.3 is 5.73 Å². The van der Waals surface area contributed by atoms with Gasteiger partial charge in [-0.05, 0) is 23.5 Å². The van der Waals surface area contributed by atoms with Gasteiger partial charge in [-0.1, -0.05) is 51.6 Å². The summed E-state index contributed by atoms with van der Waals surface area (Å²) in [6.07, 6.45) is 0. The lowest BCUT2D eigenvalue weighted by Crippen LogP contribution is -2.39. The lowest BCUT2D eigenvalue weighted by molar-refractivity contribution is -0.114. The van der Waals surface area contributed by atoms with E-state index in [0.29, 0.717) is 0 Å². The Balaban J connectivity index is 3.50. The number of hydrogen-bond acceptors (Lipinski definition) is 3. The molecule has 0 fully saturated rings. The van der Waals surface area contributed by atoms with Crippen LogP contribution in [0.25, 0.3) is 0 Å². The van der Waals surface area contributed by atoms with Crippen LogP contribution in [0.5, 0.6) is 0 Å². The maximum Gasteiger partial charge on any atom is 0.279 e. The van der Waals surface area contributed by atoms with Gasteiger partial charge in [0.2, 0.25) is 5.91 Å². The first-order valence-electron chi connectivity index (χ1n) is 6.39. The van der Waals surface area contributed by atoms with Crippen molar-refractivity contribution < 1.29 is 17.8 Å². The SMILES string of the molecule is C=C(C(N)=O)C(C)(c1ccc(C(C)(C)C)cc1)S(=O)(=O)O. The highest BCUT2D eigenvalue weighted by Gasteiger charge is 2.44. The largest absolute Gasteiger partial charge is 0.366 e. The molecule has 1 aromatic rings. The van der Waals surface area contributed by atoms with Gasteiger partial charge >= 0.3 is 0 Å². The molecule has 0 aliphatic heterocycles. The van der Waals surface area contributed by atoms with Crippen molar-refractivity contribution in [2.24, 2.45) is 5.73 Å². The number of hydrogen-bond donors (Lipinski definition) is 2. The Kier molecular flexibility index (Phi) is 4.37. The minimum atomic E-state index is -4.61. The number of carbonyl (C=O) groups is 1. The van der Waals surface area contributed by atoms with Crippen molar-refractivity contribution in [1.29, 1.82) is 0 Å². The molecular weight excluding hydrogens is 290 g/mol. The van der Waals surface area contributed by atoms with Crippen LogP contribution in [0.3, 0.4) is 0 Å². The Morgan fingerprint density at radius 1 is 1.10 bits per heavy atom. The first-order valence-corrected chi connectivity index (χ1v) is 7.83. The predicted octanol–water partition coefficient (Wildman–Crippen LogP) is 2.13. The lowest BCUT2D eigenvalue weighted by atomic mass is 9.84. The fourth-order valence-electron chi connectivity index (χ4n) is 2.00. The van der Waals surface area contributed by atoms with Crippen LogP contribution in [0.1, 0.15) is 38.8 Å². The molecule has 0 aliphatic carbocycles. The van der Waals surface area contributed by atoms with Crippen LogP contribution >= 0.6 is 0 Å². The van der Waals surface area contributed by atoms with E-state index in [1.54, 1.807) is 24.3 Å². The van der Waals surface area contributed by atoms with Crippen molar-refractivity contribution in [3.05, 3.63) is 47.5 Å². The monoisotopic (exact) mass is 311 g/mol. The number of carbonyl (C=O) groups excluding carboxylic acids is 1. The van der Waals surface area contributed by atoms with Gasteiger partial charge in [-0.25, -0.2) is 0 Å². The molecule has 0 heterocycles. The van der Waals surface area contributed by atoms with E-state index in [1.165, 1.54) is 6.92 Å². The van der Waals surface area contributed by atoms with Crippen LogP contribution in [0.15, 0.2) is 36.4 Å². The maximum atomic E-state index is 11.8. The van der Waals surface area contributed by atoms with E-state index in [2.05, 4.69) is 6.58 Å². The number of rotatable bonds is 4. The highest BCUT2D eigenvalue weighted by atomic mass is 32.2. The molecule has 1 atom stereocenters. The molecule has 5 nitrogen and oxygen atoms in total. The summed E-state index contributed by atoms with van der Waals surface area (Å²) in [5.41, 5.74) is 5.89. The summed E-state index contributed by atoms with van der Waals surface area (Å²) >= 11 is 0. The standard InChI is InChI=1S/C15H21NO4S/c1-10(13(16)17)15(5,21(18,19)20)12-8-6-11(7-9-12)14(2,3)4/h6-9H,1H2,2-5H3,(H2,16,17)(H,18,19,20). The topological polar surface area (TPSA) is 97.5 Å². The number of amides is 1. The van der Waals surface area contributed by atoms with Crippen molar-refractivity contribution >= 4 is 16.0 Å². The van der Waals surface area contributed by atoms with Crippen molar-refractivity contribution in [3.63, 3.8) is 0 Å². The third-order valence-corrected chi connectivity index (χ3v) is 5.20. The summed E-state index contributed by atoms with van der Waals surface area (Å²) in [6.45, 7) is 10.7. The molecule has 3 N–H and O–H groups in total. The highest BCUT2D eigenvalue weighted by Crippen LogP contribution is 2.37. The zero-order chi connectivity index (χ0) is 16.6. The summed E-state index contributed by atoms with van der Waals surface area (Å²) in [4.78, 5) is 11.3. The second-order valence-electron chi connectivity index (χ2n) is 6.18. The van der Waals surface area contributed by atoms with E-state index in [9.17, 15) is 17.8 Å². The van der Waals surface area contributed by atoms with Gasteiger partial charge in [-0.2, -0.15) is 8.42 Å². The Morgan fingerprint density at radius 2 is 1.48 bits per heavy atom. The number of nitrogens with two attached hydrogens (primary N) is 1. The van der Waals surface area contributed by atoms with Crippen LogP contribution < -0.4 is 5.73 Å². The van der Waals surface area contributed by atoms with Crippen molar-refractivity contribution in [3.8, 4) is 0 Å². The lowest BCUT2D eigenvalue weighted by Gasteiger charge is -2.28. The van der Waals surface area contributed by atoms with Crippen LogP contribution in [0.2, 0.25) is 0 Å². The van der Waals surface area contributed by atoms with E-state index < -0.39 is 20.8 Å². The van der Waals surface area contributed by atoms with Gasteiger partial charge in [-0.3, -0.25) is 9.35 Å². The fourth-order valence-corrected chi connectivity index (χ4v) is 2.85. The van der Waals surface area contributed by atoms with E-state index in [1.807, 2.05) is 20.8 Å². The van der Waals surface area contributed by atoms with E-state index in [0.717, 1.165) is 5.56 Å². The normalized spacial score (nSPS) is 15.3. The molecule has 0 saturated carbocycles. The zero-order valence-electron chi connectivity index (χ0n) is 12.7. The summed E-state index contributed by atoms with van der Waals surface area (Å²) in [5, 5.41) is 0. The Morgan fingerprint density at radius 3 is 1.76 bits per heavy atom. The third-order valence-electron chi connectivity index (χ3n) is 3.69. The molecule has 1 aromatic carbocycles. The molecule has 0 saturated heterocycles. The van der Waals surface area contributed by atoms with Crippen molar-refractivity contribution in [2.75, 3.05) is 0 Å². The molecule has 21 heavy (non-hydrogen) atoms. The molecule has 1 unspecified atom stereocenters. The minimum absolute atomic E-state index is 0.103. The zero-order valence-corrected chi connectivity index (χ0v) is 13.5. The quantitative estimate of drug-likeness (QED) is 0.657. The maximum absolute atomic E-state index is 11.8. The van der Waals surface area contributed by atoms with Crippen LogP contribution in [-0.2, 0) is 25.1 Å². The van der Waals surface area contributed by atoms with Crippen LogP contribution in [0, 0.1) is 0 Å². The van der Waals surface area contributed by atoms with E-state index >= 15 is 0 Å². The van der Waals surface area contributed by atoms with Gasteiger partial charge in [0.05, 0.1) is 0 Å². The molecule has 6 heteroatoms. The molecular formula is C15H21NO4S. The molecule has 116 valence electrons. The van der Waals surface area contributed by atoms with Gasteiger partial charge in [0.15, 0.2) is 0 Å². The minimum Gasteiger partial charge on any atom is -0.366 e. The Labute approximate surface area is 125 Å². The average Bonchev–Trinajstić information content (AvgIpc) is 2.34. The summed E-state index contributed by atoms with van der Waals surface area (Å²) in [5.74, 6) is -0.977. The second-order valence-corrected chi connectivity index (χ2v) is 7.95. The van der Waals surface area contributed by atoms with E-state index in [-0.39, 0.29) is 16.6 Å². The molecule has 0 aromatic heterocycles. The van der Waals surface area contributed by atoms with Gasteiger partial charge in [-0.15, -0.1) is 0 Å². The molecule has 1 amide bonds. The molecule has 1 rings (SSSR count). The smallest absolute Gasteiger partial charge is 0.279 e. The first kappa shape index (κ1) is 17.4. The number of primary amides is 1. The first-order chi connectivity index (χ1) is 9.31. The van der Waals surface area contributed by atoms with Crippen molar-refractivity contribution in [1.82, 2.24) is 0 Å². The summed E-state index contributed by atoms with van der Waals surface area (Å²) in [6, 6.07) is 6.63. The molecule has 0 spiro atoms. The van der Waals surface area contributed by atoms with E-state index in [4.69, 9.17) is 5.73 Å². The van der Waals surface area contributed by atoms with Crippen molar-refractivity contribution in [2.45, 2.75) is 37.9 Å². The third kappa shape index (κ3) is 3.16. The molecule has 0 aliphatic rings. The summed E-state index contributed by atoms with van der Waals surface area (Å²) < 4.78 is 31.1. The Bertz CT molecular complexity index is 669. The second kappa shape index (κ2) is 5.27. The number of benzene rings is 1. The average molecular weight is 311 g/mol. The molecule has 0 bridgehead atoms. The van der Waals surface area contributed by atoms with Gasteiger partial charge in [0.1, 0.15) is 4.75 Å². The van der Waals surface area contributed by atoms with Gasteiger partial charge in [0.25, 0.3) is 10.1 Å². The Hall–Kier alpha value is -1.66. The van der Waals surface area contributed by atoms with Crippen LogP contribution in [0.4, 0.5) is 0 Å². The summed E-state index contributed by atoms with van der Waals surface area (Å²) in [7, 11) is -4.61.